The second-order valence-electron chi connectivity index (χ2n) is 5.84. The van der Waals surface area contributed by atoms with Gasteiger partial charge in [-0.2, -0.15) is 5.10 Å². The molecule has 0 aliphatic carbocycles. The van der Waals surface area contributed by atoms with Crippen molar-refractivity contribution < 1.29 is 4.79 Å². The summed E-state index contributed by atoms with van der Waals surface area (Å²) in [4.78, 5) is 12.1. The van der Waals surface area contributed by atoms with E-state index >= 15 is 0 Å². The minimum Gasteiger partial charge on any atom is -0.271 e. The SMILES string of the molecule is Cc1cc(C)c(/C=N\NC(=O)Cn2nnc3ccccc32)c(C)c1. The molecule has 1 aromatic heterocycles. The molecule has 0 atom stereocenters. The minimum atomic E-state index is -0.246. The van der Waals surface area contributed by atoms with E-state index in [2.05, 4.69) is 39.9 Å². The lowest BCUT2D eigenvalue weighted by molar-refractivity contribution is -0.121. The van der Waals surface area contributed by atoms with Crippen molar-refractivity contribution in [3.8, 4) is 0 Å². The predicted octanol–water partition coefficient (Wildman–Crippen LogP) is 2.51. The van der Waals surface area contributed by atoms with Crippen molar-refractivity contribution in [1.82, 2.24) is 20.4 Å². The Morgan fingerprint density at radius 3 is 2.67 bits per heavy atom. The van der Waals surface area contributed by atoms with Gasteiger partial charge in [0.2, 0.25) is 0 Å². The van der Waals surface area contributed by atoms with E-state index in [1.165, 1.54) is 5.56 Å². The number of aryl methyl sites for hydroxylation is 3. The van der Waals surface area contributed by atoms with E-state index in [0.717, 1.165) is 27.7 Å². The van der Waals surface area contributed by atoms with E-state index < -0.39 is 0 Å². The Morgan fingerprint density at radius 2 is 1.92 bits per heavy atom. The van der Waals surface area contributed by atoms with Crippen molar-refractivity contribution in [3.05, 3.63) is 58.7 Å². The molecule has 6 nitrogen and oxygen atoms in total. The van der Waals surface area contributed by atoms with Gasteiger partial charge in [0.05, 0.1) is 11.7 Å². The van der Waals surface area contributed by atoms with Crippen molar-refractivity contribution in [2.24, 2.45) is 5.10 Å². The van der Waals surface area contributed by atoms with Crippen molar-refractivity contribution in [2.75, 3.05) is 0 Å². The Kier molecular flexibility index (Phi) is 4.37. The van der Waals surface area contributed by atoms with E-state index in [4.69, 9.17) is 0 Å². The van der Waals surface area contributed by atoms with Gasteiger partial charge in [-0.05, 0) is 44.0 Å². The van der Waals surface area contributed by atoms with Crippen LogP contribution in [0, 0.1) is 20.8 Å². The summed E-state index contributed by atoms with van der Waals surface area (Å²) in [6.07, 6.45) is 1.68. The normalized spacial score (nSPS) is 11.3. The summed E-state index contributed by atoms with van der Waals surface area (Å²) in [6, 6.07) is 11.7. The number of hydrogen-bond donors (Lipinski definition) is 1. The third kappa shape index (κ3) is 3.32. The molecule has 0 saturated heterocycles. The van der Waals surface area contributed by atoms with Crippen LogP contribution in [-0.4, -0.2) is 27.1 Å². The first-order valence-corrected chi connectivity index (χ1v) is 7.72. The first kappa shape index (κ1) is 15.9. The number of hydrazone groups is 1. The Balaban J connectivity index is 1.68. The maximum absolute atomic E-state index is 12.1. The highest BCUT2D eigenvalue weighted by Crippen LogP contribution is 2.14. The number of benzene rings is 2. The number of aromatic nitrogens is 3. The van der Waals surface area contributed by atoms with E-state index in [0.29, 0.717) is 0 Å². The number of nitrogens with zero attached hydrogens (tertiary/aromatic N) is 4. The molecular formula is C18H19N5O. The van der Waals surface area contributed by atoms with Gasteiger partial charge in [-0.1, -0.05) is 35.0 Å². The molecule has 3 rings (SSSR count). The fourth-order valence-electron chi connectivity index (χ4n) is 2.77. The molecule has 122 valence electrons. The summed E-state index contributed by atoms with van der Waals surface area (Å²) in [5, 5.41) is 12.1. The lowest BCUT2D eigenvalue weighted by Gasteiger charge is -2.06. The molecule has 0 unspecified atom stereocenters. The number of amides is 1. The number of hydrogen-bond acceptors (Lipinski definition) is 4. The highest BCUT2D eigenvalue weighted by molar-refractivity contribution is 5.86. The predicted molar refractivity (Wildman–Crippen MR) is 93.9 cm³/mol. The molecule has 24 heavy (non-hydrogen) atoms. The zero-order chi connectivity index (χ0) is 17.1. The number of para-hydroxylation sites is 1. The summed E-state index contributed by atoms with van der Waals surface area (Å²) in [5.41, 5.74) is 8.63. The zero-order valence-corrected chi connectivity index (χ0v) is 13.9. The molecular weight excluding hydrogens is 302 g/mol. The summed E-state index contributed by atoms with van der Waals surface area (Å²) in [5.74, 6) is -0.246. The van der Waals surface area contributed by atoms with E-state index in [1.54, 1.807) is 10.9 Å². The molecule has 0 aliphatic rings. The smallest absolute Gasteiger partial charge is 0.261 e. The van der Waals surface area contributed by atoms with Gasteiger partial charge in [-0.15, -0.1) is 5.10 Å². The van der Waals surface area contributed by atoms with E-state index in [-0.39, 0.29) is 12.5 Å². The topological polar surface area (TPSA) is 72.2 Å². The number of carbonyl (C=O) groups is 1. The Hall–Kier alpha value is -3.02. The number of fused-ring (bicyclic) bond motifs is 1. The highest BCUT2D eigenvalue weighted by atomic mass is 16.2. The molecule has 1 amide bonds. The maximum atomic E-state index is 12.1. The van der Waals surface area contributed by atoms with Gasteiger partial charge in [0.1, 0.15) is 12.1 Å². The van der Waals surface area contributed by atoms with Crippen molar-refractivity contribution in [3.63, 3.8) is 0 Å². The molecule has 0 saturated carbocycles. The monoisotopic (exact) mass is 321 g/mol. The Labute approximate surface area is 140 Å². The molecule has 0 radical (unpaired) electrons. The molecule has 1 heterocycles. The highest BCUT2D eigenvalue weighted by Gasteiger charge is 2.08. The molecule has 0 bridgehead atoms. The molecule has 3 aromatic rings. The number of rotatable bonds is 4. The van der Waals surface area contributed by atoms with Gasteiger partial charge in [0.25, 0.3) is 5.91 Å². The summed E-state index contributed by atoms with van der Waals surface area (Å²) >= 11 is 0. The Bertz CT molecular complexity index is 903. The van der Waals surface area contributed by atoms with Gasteiger partial charge < -0.3 is 0 Å². The number of nitrogens with one attached hydrogen (secondary N) is 1. The molecule has 2 aromatic carbocycles. The fourth-order valence-corrected chi connectivity index (χ4v) is 2.77. The molecule has 0 spiro atoms. The van der Waals surface area contributed by atoms with Crippen LogP contribution in [0.1, 0.15) is 22.3 Å². The van der Waals surface area contributed by atoms with E-state index in [9.17, 15) is 4.79 Å². The third-order valence-corrected chi connectivity index (χ3v) is 3.83. The van der Waals surface area contributed by atoms with Crippen LogP contribution in [0.5, 0.6) is 0 Å². The third-order valence-electron chi connectivity index (χ3n) is 3.83. The molecule has 6 heteroatoms. The fraction of sp³-hybridized carbons (Fsp3) is 0.222. The van der Waals surface area contributed by atoms with Crippen LogP contribution >= 0.6 is 0 Å². The van der Waals surface area contributed by atoms with Gasteiger partial charge in [0, 0.05) is 5.56 Å². The van der Waals surface area contributed by atoms with Gasteiger partial charge in [-0.25, -0.2) is 10.1 Å². The van der Waals surface area contributed by atoms with E-state index in [1.807, 2.05) is 38.1 Å². The summed E-state index contributed by atoms with van der Waals surface area (Å²) in [6.45, 7) is 6.20. The second-order valence-corrected chi connectivity index (χ2v) is 5.84. The second kappa shape index (κ2) is 6.62. The van der Waals surface area contributed by atoms with Crippen molar-refractivity contribution in [2.45, 2.75) is 27.3 Å². The van der Waals surface area contributed by atoms with Crippen LogP contribution in [0.15, 0.2) is 41.5 Å². The first-order valence-electron chi connectivity index (χ1n) is 7.72. The summed E-state index contributed by atoms with van der Waals surface area (Å²) in [7, 11) is 0. The minimum absolute atomic E-state index is 0.0731. The van der Waals surface area contributed by atoms with Crippen LogP contribution < -0.4 is 5.43 Å². The standard InChI is InChI=1S/C18H19N5O/c1-12-8-13(2)15(14(3)9-12)10-19-21-18(24)11-23-17-7-5-4-6-16(17)20-22-23/h4-10H,11H2,1-3H3,(H,21,24)/b19-10-. The van der Waals surface area contributed by atoms with Gasteiger partial charge in [0.15, 0.2) is 0 Å². The van der Waals surface area contributed by atoms with Crippen LogP contribution in [0.2, 0.25) is 0 Å². The zero-order valence-electron chi connectivity index (χ0n) is 13.9. The van der Waals surface area contributed by atoms with Crippen LogP contribution in [0.4, 0.5) is 0 Å². The quantitative estimate of drug-likeness (QED) is 0.593. The van der Waals surface area contributed by atoms with Crippen LogP contribution in [0.25, 0.3) is 11.0 Å². The lowest BCUT2D eigenvalue weighted by atomic mass is 10.0. The van der Waals surface area contributed by atoms with Crippen LogP contribution in [0.3, 0.4) is 0 Å². The lowest BCUT2D eigenvalue weighted by Crippen LogP contribution is -2.23. The number of carbonyl (C=O) groups excluding carboxylic acids is 1. The maximum Gasteiger partial charge on any atom is 0.261 e. The van der Waals surface area contributed by atoms with Crippen molar-refractivity contribution >= 4 is 23.2 Å². The molecule has 1 N–H and O–H groups in total. The van der Waals surface area contributed by atoms with Gasteiger partial charge in [-0.3, -0.25) is 4.79 Å². The summed E-state index contributed by atoms with van der Waals surface area (Å²) < 4.78 is 1.56. The van der Waals surface area contributed by atoms with Crippen LogP contribution in [-0.2, 0) is 11.3 Å². The molecule has 0 aliphatic heterocycles. The average Bonchev–Trinajstić information content (AvgIpc) is 2.93. The van der Waals surface area contributed by atoms with Crippen molar-refractivity contribution in [1.29, 1.82) is 0 Å². The largest absolute Gasteiger partial charge is 0.271 e. The molecule has 0 fully saturated rings. The Morgan fingerprint density at radius 1 is 1.21 bits per heavy atom. The van der Waals surface area contributed by atoms with Gasteiger partial charge >= 0.3 is 0 Å². The first-order chi connectivity index (χ1) is 11.5. The average molecular weight is 321 g/mol.